The zero-order valence-electron chi connectivity index (χ0n) is 14.5. The third-order valence-corrected chi connectivity index (χ3v) is 4.63. The number of nitrogens with zero attached hydrogens (tertiary/aromatic N) is 2. The number of hydrogen-bond donors (Lipinski definition) is 0. The molecule has 1 amide bonds. The van der Waals surface area contributed by atoms with Gasteiger partial charge < -0.3 is 14.5 Å². The van der Waals surface area contributed by atoms with Crippen LogP contribution in [0.5, 0.6) is 5.75 Å². The highest BCUT2D eigenvalue weighted by Gasteiger charge is 2.23. The molecule has 1 aliphatic heterocycles. The highest BCUT2D eigenvalue weighted by molar-refractivity contribution is 5.95. The molecule has 1 fully saturated rings. The van der Waals surface area contributed by atoms with Gasteiger partial charge in [-0.3, -0.25) is 4.79 Å². The molecule has 2 rings (SSSR count). The van der Waals surface area contributed by atoms with E-state index in [1.807, 2.05) is 30.9 Å². The summed E-state index contributed by atoms with van der Waals surface area (Å²) in [5.74, 6) is 1.02. The van der Waals surface area contributed by atoms with Crippen molar-refractivity contribution in [1.82, 2.24) is 9.80 Å². The van der Waals surface area contributed by atoms with Gasteiger partial charge in [0, 0.05) is 24.7 Å². The third kappa shape index (κ3) is 3.61. The lowest BCUT2D eigenvalue weighted by Gasteiger charge is -2.24. The quantitative estimate of drug-likeness (QED) is 0.861. The molecule has 0 N–H and O–H groups in total. The molecule has 1 heterocycles. The maximum Gasteiger partial charge on any atom is 0.253 e. The SMILES string of the molecule is COc1c(C)cc(C(=O)N2CCC[C@H](N(C)C)CC2)cc1C. The molecule has 0 saturated carbocycles. The standard InChI is InChI=1S/C18H28N2O2/c1-13-11-15(12-14(2)17(13)22-5)18(21)20-9-6-7-16(8-10-20)19(3)4/h11-12,16H,6-10H2,1-5H3/t16-/m0/s1. The Hall–Kier alpha value is -1.55. The first kappa shape index (κ1) is 16.8. The molecule has 1 saturated heterocycles. The average molecular weight is 304 g/mol. The largest absolute Gasteiger partial charge is 0.496 e. The fourth-order valence-corrected chi connectivity index (χ4v) is 3.38. The van der Waals surface area contributed by atoms with Crippen molar-refractivity contribution in [1.29, 1.82) is 0 Å². The lowest BCUT2D eigenvalue weighted by molar-refractivity contribution is 0.0758. The number of ether oxygens (including phenoxy) is 1. The van der Waals surface area contributed by atoms with Gasteiger partial charge in [0.25, 0.3) is 5.91 Å². The molecule has 0 radical (unpaired) electrons. The summed E-state index contributed by atoms with van der Waals surface area (Å²) in [5.41, 5.74) is 2.82. The third-order valence-electron chi connectivity index (χ3n) is 4.63. The van der Waals surface area contributed by atoms with Gasteiger partial charge in [-0.05, 0) is 70.5 Å². The maximum absolute atomic E-state index is 12.8. The number of rotatable bonds is 3. The minimum atomic E-state index is 0.147. The Balaban J connectivity index is 2.15. The summed E-state index contributed by atoms with van der Waals surface area (Å²) in [6.45, 7) is 5.68. The molecule has 1 atom stereocenters. The lowest BCUT2D eigenvalue weighted by atomic mass is 10.0. The van der Waals surface area contributed by atoms with Gasteiger partial charge in [-0.2, -0.15) is 0 Å². The van der Waals surface area contributed by atoms with Crippen LogP contribution in [0.3, 0.4) is 0 Å². The van der Waals surface area contributed by atoms with Gasteiger partial charge in [0.15, 0.2) is 0 Å². The number of carbonyl (C=O) groups is 1. The van der Waals surface area contributed by atoms with Crippen molar-refractivity contribution in [3.63, 3.8) is 0 Å². The van der Waals surface area contributed by atoms with Gasteiger partial charge in [0.05, 0.1) is 7.11 Å². The summed E-state index contributed by atoms with van der Waals surface area (Å²) in [6.07, 6.45) is 3.28. The summed E-state index contributed by atoms with van der Waals surface area (Å²) in [7, 11) is 5.92. The number of benzene rings is 1. The van der Waals surface area contributed by atoms with Crippen molar-refractivity contribution < 1.29 is 9.53 Å². The fourth-order valence-electron chi connectivity index (χ4n) is 3.38. The van der Waals surface area contributed by atoms with Crippen LogP contribution in [0.1, 0.15) is 40.7 Å². The molecule has 0 unspecified atom stereocenters. The molecule has 0 aromatic heterocycles. The first-order valence-electron chi connectivity index (χ1n) is 8.05. The second kappa shape index (κ2) is 7.14. The molecule has 1 aromatic rings. The lowest BCUT2D eigenvalue weighted by Crippen LogP contribution is -2.33. The van der Waals surface area contributed by atoms with Crippen LogP contribution in [0.2, 0.25) is 0 Å². The second-order valence-electron chi connectivity index (χ2n) is 6.48. The number of methoxy groups -OCH3 is 1. The highest BCUT2D eigenvalue weighted by atomic mass is 16.5. The van der Waals surface area contributed by atoms with Gasteiger partial charge in [0.2, 0.25) is 0 Å². The van der Waals surface area contributed by atoms with E-state index < -0.39 is 0 Å². The summed E-state index contributed by atoms with van der Waals surface area (Å²) in [4.78, 5) is 17.1. The van der Waals surface area contributed by atoms with Crippen LogP contribution in [0.15, 0.2) is 12.1 Å². The summed E-state index contributed by atoms with van der Waals surface area (Å²) < 4.78 is 5.39. The van der Waals surface area contributed by atoms with Crippen molar-refractivity contribution in [3.05, 3.63) is 28.8 Å². The minimum Gasteiger partial charge on any atom is -0.496 e. The maximum atomic E-state index is 12.8. The highest BCUT2D eigenvalue weighted by Crippen LogP contribution is 2.25. The zero-order valence-corrected chi connectivity index (χ0v) is 14.5. The molecule has 1 aromatic carbocycles. The Morgan fingerprint density at radius 1 is 1.18 bits per heavy atom. The van der Waals surface area contributed by atoms with Gasteiger partial charge in [-0.15, -0.1) is 0 Å². The van der Waals surface area contributed by atoms with Crippen LogP contribution >= 0.6 is 0 Å². The summed E-state index contributed by atoms with van der Waals surface area (Å²) >= 11 is 0. The number of aryl methyl sites for hydroxylation is 2. The fraction of sp³-hybridized carbons (Fsp3) is 0.611. The van der Waals surface area contributed by atoms with Crippen molar-refractivity contribution in [2.24, 2.45) is 0 Å². The molecule has 4 heteroatoms. The average Bonchev–Trinajstić information content (AvgIpc) is 2.72. The van der Waals surface area contributed by atoms with Crippen LogP contribution in [0.4, 0.5) is 0 Å². The summed E-state index contributed by atoms with van der Waals surface area (Å²) in [5, 5.41) is 0. The monoisotopic (exact) mass is 304 g/mol. The Morgan fingerprint density at radius 3 is 2.36 bits per heavy atom. The van der Waals surface area contributed by atoms with Crippen LogP contribution in [0.25, 0.3) is 0 Å². The molecule has 0 spiro atoms. The van der Waals surface area contributed by atoms with Crippen molar-refractivity contribution >= 4 is 5.91 Å². The van der Waals surface area contributed by atoms with E-state index in [-0.39, 0.29) is 5.91 Å². The topological polar surface area (TPSA) is 32.8 Å². The van der Waals surface area contributed by atoms with Crippen LogP contribution in [-0.4, -0.2) is 56.0 Å². The first-order valence-corrected chi connectivity index (χ1v) is 8.05. The van der Waals surface area contributed by atoms with E-state index in [4.69, 9.17) is 4.74 Å². The predicted octanol–water partition coefficient (Wildman–Crippen LogP) is 2.87. The van der Waals surface area contributed by atoms with Gasteiger partial charge >= 0.3 is 0 Å². The molecule has 1 aliphatic rings. The molecule has 4 nitrogen and oxygen atoms in total. The normalized spacial score (nSPS) is 19.2. The van der Waals surface area contributed by atoms with Gasteiger partial charge in [-0.25, -0.2) is 0 Å². The Kier molecular flexibility index (Phi) is 5.46. The number of amides is 1. The van der Waals surface area contributed by atoms with Gasteiger partial charge in [-0.1, -0.05) is 0 Å². The van der Waals surface area contributed by atoms with Crippen molar-refractivity contribution in [2.75, 3.05) is 34.3 Å². The van der Waals surface area contributed by atoms with E-state index in [1.54, 1.807) is 7.11 Å². The van der Waals surface area contributed by atoms with Crippen molar-refractivity contribution in [2.45, 2.75) is 39.2 Å². The van der Waals surface area contributed by atoms with E-state index >= 15 is 0 Å². The Labute approximate surface area is 134 Å². The zero-order chi connectivity index (χ0) is 16.3. The Bertz CT molecular complexity index is 517. The van der Waals surface area contributed by atoms with E-state index in [1.165, 1.54) is 0 Å². The summed E-state index contributed by atoms with van der Waals surface area (Å²) in [6, 6.07) is 4.47. The molecular formula is C18H28N2O2. The van der Waals surface area contributed by atoms with E-state index in [0.717, 1.165) is 54.8 Å². The molecule has 122 valence electrons. The number of hydrogen-bond acceptors (Lipinski definition) is 3. The van der Waals surface area contributed by atoms with Gasteiger partial charge in [0.1, 0.15) is 5.75 Å². The van der Waals surface area contributed by atoms with E-state index in [9.17, 15) is 4.79 Å². The van der Waals surface area contributed by atoms with Crippen LogP contribution < -0.4 is 4.74 Å². The molecular weight excluding hydrogens is 276 g/mol. The number of carbonyl (C=O) groups excluding carboxylic acids is 1. The minimum absolute atomic E-state index is 0.147. The van der Waals surface area contributed by atoms with E-state index in [0.29, 0.717) is 6.04 Å². The van der Waals surface area contributed by atoms with E-state index in [2.05, 4.69) is 19.0 Å². The molecule has 22 heavy (non-hydrogen) atoms. The number of likely N-dealkylation sites (tertiary alicyclic amines) is 1. The predicted molar refractivity (Wildman–Crippen MR) is 89.7 cm³/mol. The van der Waals surface area contributed by atoms with Crippen LogP contribution in [0, 0.1) is 13.8 Å². The molecule has 0 aliphatic carbocycles. The molecule has 0 bridgehead atoms. The van der Waals surface area contributed by atoms with Crippen LogP contribution in [-0.2, 0) is 0 Å². The Morgan fingerprint density at radius 2 is 1.82 bits per heavy atom. The van der Waals surface area contributed by atoms with Crippen molar-refractivity contribution in [3.8, 4) is 5.75 Å². The smallest absolute Gasteiger partial charge is 0.253 e. The first-order chi connectivity index (χ1) is 10.4. The second-order valence-corrected chi connectivity index (χ2v) is 6.48.